The van der Waals surface area contributed by atoms with Gasteiger partial charge in [0, 0.05) is 30.1 Å². The molecule has 8 heteroatoms. The van der Waals surface area contributed by atoms with Crippen LogP contribution in [-0.2, 0) is 11.2 Å². The third-order valence-corrected chi connectivity index (χ3v) is 6.13. The number of rotatable bonds is 4. The Morgan fingerprint density at radius 2 is 2.00 bits per heavy atom. The first-order valence-electron chi connectivity index (χ1n) is 11.1. The van der Waals surface area contributed by atoms with E-state index in [1.807, 2.05) is 18.2 Å². The van der Waals surface area contributed by atoms with E-state index >= 15 is 0 Å². The second kappa shape index (κ2) is 8.84. The number of benzene rings is 3. The fourth-order valence-electron chi connectivity index (χ4n) is 4.52. The zero-order valence-electron chi connectivity index (χ0n) is 18.7. The predicted molar refractivity (Wildman–Crippen MR) is 130 cm³/mol. The van der Waals surface area contributed by atoms with Gasteiger partial charge in [-0.3, -0.25) is 0 Å². The molecule has 2 heterocycles. The predicted octanol–water partition coefficient (Wildman–Crippen LogP) is 4.45. The van der Waals surface area contributed by atoms with Crippen molar-refractivity contribution in [1.82, 2.24) is 9.97 Å². The molecule has 0 fully saturated rings. The van der Waals surface area contributed by atoms with Gasteiger partial charge in [-0.2, -0.15) is 4.79 Å². The van der Waals surface area contributed by atoms with E-state index in [-0.39, 0.29) is 17.2 Å². The number of aromatic amines is 1. The monoisotopic (exact) mass is 454 g/mol. The number of anilines is 3. The van der Waals surface area contributed by atoms with Gasteiger partial charge in [0.1, 0.15) is 11.3 Å². The first-order valence-corrected chi connectivity index (χ1v) is 11.1. The number of para-hydroxylation sites is 2. The van der Waals surface area contributed by atoms with Crippen LogP contribution in [0.4, 0.5) is 23.0 Å². The van der Waals surface area contributed by atoms with Crippen molar-refractivity contribution in [3.63, 3.8) is 0 Å². The topological polar surface area (TPSA) is 104 Å². The first kappa shape index (κ1) is 21.4. The lowest BCUT2D eigenvalue weighted by atomic mass is 10.1. The van der Waals surface area contributed by atoms with E-state index in [0.717, 1.165) is 41.8 Å². The maximum absolute atomic E-state index is 13.4. The average molecular weight is 455 g/mol. The molecule has 1 aliphatic rings. The van der Waals surface area contributed by atoms with Crippen molar-refractivity contribution in [3.05, 3.63) is 71.8 Å². The van der Waals surface area contributed by atoms with E-state index in [4.69, 9.17) is 10.5 Å². The number of H-pyrrole nitrogens is 1. The van der Waals surface area contributed by atoms with Crippen LogP contribution in [-0.4, -0.2) is 40.2 Å². The molecule has 3 N–H and O–H groups in total. The number of amides is 1. The Hall–Kier alpha value is -4.42. The van der Waals surface area contributed by atoms with Crippen LogP contribution in [0.25, 0.3) is 11.0 Å². The zero-order valence-corrected chi connectivity index (χ0v) is 18.7. The summed E-state index contributed by atoms with van der Waals surface area (Å²) in [5.74, 6) is 0.00217. The molecule has 1 aromatic heterocycles. The standard InChI is InChI=1S/C26H24N5O3/c1-34-23-15-18(30-14-5-4-8-17-7-2-3-10-21(17)30)12-13-19(23)25(33)31(16-32)22-11-6-9-20-24(22)29-26(27)28-20/h2-3,6-7,9-13,15H,4-5,8,14H2,1H3,(H3,27,28,29)/q+1. The molecule has 0 bridgehead atoms. The smallest absolute Gasteiger partial charge is 0.440 e. The number of imidazole rings is 1. The molecule has 0 spiro atoms. The number of isocyanates is 1. The van der Waals surface area contributed by atoms with Crippen LogP contribution in [0.1, 0.15) is 28.8 Å². The van der Waals surface area contributed by atoms with Gasteiger partial charge in [-0.05, 0) is 53.7 Å². The summed E-state index contributed by atoms with van der Waals surface area (Å²) in [5, 5.41) is 0. The third-order valence-electron chi connectivity index (χ3n) is 6.13. The van der Waals surface area contributed by atoms with Crippen LogP contribution in [0.2, 0.25) is 0 Å². The number of fused-ring (bicyclic) bond motifs is 2. The van der Waals surface area contributed by atoms with E-state index in [1.54, 1.807) is 30.3 Å². The van der Waals surface area contributed by atoms with Crippen LogP contribution >= 0.6 is 0 Å². The SMILES string of the molecule is COc1cc(N2CCCCc3ccccc32)ccc1C(=O)[N+](=C=O)c1cccc2[nH]c(N)nc12. The number of ether oxygens (including phenoxy) is 1. The van der Waals surface area contributed by atoms with Crippen LogP contribution in [0, 0.1) is 0 Å². The second-order valence-electron chi connectivity index (χ2n) is 8.15. The lowest BCUT2D eigenvalue weighted by molar-refractivity contribution is -0.330. The quantitative estimate of drug-likeness (QED) is 0.268. The number of methoxy groups -OCH3 is 1. The summed E-state index contributed by atoms with van der Waals surface area (Å²) in [6.07, 6.45) is 4.95. The zero-order chi connectivity index (χ0) is 23.7. The number of nitrogen functional groups attached to an aromatic ring is 1. The van der Waals surface area contributed by atoms with Crippen molar-refractivity contribution in [3.8, 4) is 5.75 Å². The van der Waals surface area contributed by atoms with Gasteiger partial charge in [-0.15, -0.1) is 0 Å². The highest BCUT2D eigenvalue weighted by Gasteiger charge is 2.31. The highest BCUT2D eigenvalue weighted by atomic mass is 16.5. The summed E-state index contributed by atoms with van der Waals surface area (Å²) in [6, 6.07) is 18.9. The summed E-state index contributed by atoms with van der Waals surface area (Å²) < 4.78 is 6.50. The van der Waals surface area contributed by atoms with Gasteiger partial charge in [-0.1, -0.05) is 24.3 Å². The van der Waals surface area contributed by atoms with E-state index in [2.05, 4.69) is 33.1 Å². The van der Waals surface area contributed by atoms with Crippen molar-refractivity contribution in [2.45, 2.75) is 19.3 Å². The molecular weight excluding hydrogens is 430 g/mol. The number of nitrogens with zero attached hydrogens (tertiary/aromatic N) is 3. The number of nitrogens with one attached hydrogen (secondary N) is 1. The Morgan fingerprint density at radius 1 is 1.15 bits per heavy atom. The van der Waals surface area contributed by atoms with Gasteiger partial charge in [0.25, 0.3) is 5.69 Å². The molecule has 0 saturated heterocycles. The Labute approximate surface area is 196 Å². The third kappa shape index (κ3) is 3.70. The maximum Gasteiger partial charge on any atom is 0.440 e. The van der Waals surface area contributed by atoms with E-state index in [1.165, 1.54) is 12.7 Å². The van der Waals surface area contributed by atoms with E-state index in [9.17, 15) is 9.59 Å². The minimum absolute atomic E-state index is 0.195. The molecule has 0 saturated carbocycles. The Kier molecular flexibility index (Phi) is 5.57. The molecular formula is C26H24N5O3+. The van der Waals surface area contributed by atoms with Crippen molar-refractivity contribution < 1.29 is 18.9 Å². The van der Waals surface area contributed by atoms with Gasteiger partial charge in [0.2, 0.25) is 0 Å². The molecule has 0 unspecified atom stereocenters. The Morgan fingerprint density at radius 3 is 2.82 bits per heavy atom. The molecule has 3 aromatic carbocycles. The van der Waals surface area contributed by atoms with E-state index in [0.29, 0.717) is 16.8 Å². The highest BCUT2D eigenvalue weighted by Crippen LogP contribution is 2.36. The van der Waals surface area contributed by atoms with Gasteiger partial charge in [-0.25, -0.2) is 9.78 Å². The minimum atomic E-state index is -0.566. The minimum Gasteiger partial charge on any atom is -0.496 e. The summed E-state index contributed by atoms with van der Waals surface area (Å²) in [6.45, 7) is 0.865. The van der Waals surface area contributed by atoms with E-state index < -0.39 is 5.91 Å². The van der Waals surface area contributed by atoms with Crippen molar-refractivity contribution in [2.24, 2.45) is 0 Å². The fraction of sp³-hybridized carbons (Fsp3) is 0.192. The molecule has 5 rings (SSSR count). The first-order chi connectivity index (χ1) is 16.6. The molecule has 34 heavy (non-hydrogen) atoms. The number of hydrogen-bond acceptors (Lipinski definition) is 6. The van der Waals surface area contributed by atoms with Gasteiger partial charge >= 0.3 is 12.0 Å². The van der Waals surface area contributed by atoms with Crippen LogP contribution in [0.3, 0.4) is 0 Å². The van der Waals surface area contributed by atoms with Gasteiger partial charge < -0.3 is 20.4 Å². The summed E-state index contributed by atoms with van der Waals surface area (Å²) >= 11 is 0. The molecule has 4 aromatic rings. The number of aryl methyl sites for hydroxylation is 1. The maximum atomic E-state index is 13.4. The lowest BCUT2D eigenvalue weighted by Crippen LogP contribution is -2.20. The molecule has 1 amide bonds. The Bertz CT molecular complexity index is 1450. The van der Waals surface area contributed by atoms with Crippen LogP contribution in [0.15, 0.2) is 60.7 Å². The molecule has 0 aliphatic carbocycles. The normalized spacial score (nSPS) is 13.1. The molecule has 0 atom stereocenters. The molecule has 1 aliphatic heterocycles. The number of aromatic nitrogens is 2. The second-order valence-corrected chi connectivity index (χ2v) is 8.15. The van der Waals surface area contributed by atoms with Crippen molar-refractivity contribution in [1.29, 1.82) is 0 Å². The number of carbonyl (C=O) groups excluding carboxylic acids is 2. The Balaban J connectivity index is 1.55. The summed E-state index contributed by atoms with van der Waals surface area (Å²) in [4.78, 5) is 34.7. The lowest BCUT2D eigenvalue weighted by Gasteiger charge is -2.25. The fourth-order valence-corrected chi connectivity index (χ4v) is 4.52. The van der Waals surface area contributed by atoms with Crippen molar-refractivity contribution >= 4 is 46.0 Å². The van der Waals surface area contributed by atoms with Crippen molar-refractivity contribution in [2.75, 3.05) is 24.3 Å². The number of nitrogens with two attached hydrogens (primary N) is 1. The molecule has 170 valence electrons. The van der Waals surface area contributed by atoms with Crippen LogP contribution in [0.5, 0.6) is 5.75 Å². The number of hydrogen-bond donors (Lipinski definition) is 2. The molecule has 0 radical (unpaired) electrons. The highest BCUT2D eigenvalue weighted by molar-refractivity contribution is 5.97. The average Bonchev–Trinajstić information content (AvgIpc) is 3.12. The summed E-state index contributed by atoms with van der Waals surface area (Å²) in [7, 11) is 1.51. The molecule has 8 nitrogen and oxygen atoms in total. The van der Waals surface area contributed by atoms with Gasteiger partial charge in [0.05, 0.1) is 12.6 Å². The van der Waals surface area contributed by atoms with Crippen LogP contribution < -0.4 is 15.4 Å². The largest absolute Gasteiger partial charge is 0.496 e. The summed E-state index contributed by atoms with van der Waals surface area (Å²) in [5.41, 5.74) is 10.7. The van der Waals surface area contributed by atoms with Gasteiger partial charge in [0.15, 0.2) is 11.5 Å². The number of carbonyl (C=O) groups is 1.